The number of hydrogen-bond acceptors (Lipinski definition) is 5. The fraction of sp³-hybridized carbons (Fsp3) is 0.158. The lowest BCUT2D eigenvalue weighted by Crippen LogP contribution is -2.16. The number of rotatable bonds is 6. The summed E-state index contributed by atoms with van der Waals surface area (Å²) >= 11 is 12.4. The molecule has 1 heterocycles. The van der Waals surface area contributed by atoms with Crippen molar-refractivity contribution in [3.05, 3.63) is 75.9 Å². The van der Waals surface area contributed by atoms with Gasteiger partial charge >= 0.3 is 0 Å². The molecule has 1 unspecified atom stereocenters. The van der Waals surface area contributed by atoms with Crippen LogP contribution in [0.5, 0.6) is 0 Å². The van der Waals surface area contributed by atoms with Crippen molar-refractivity contribution in [2.75, 3.05) is 10.0 Å². The molecule has 0 radical (unpaired) electrons. The van der Waals surface area contributed by atoms with Gasteiger partial charge in [-0.25, -0.2) is 22.8 Å². The van der Waals surface area contributed by atoms with Gasteiger partial charge in [-0.05, 0) is 37.6 Å². The van der Waals surface area contributed by atoms with Crippen molar-refractivity contribution in [2.24, 2.45) is 0 Å². The third-order valence-corrected chi connectivity index (χ3v) is 6.12. The average Bonchev–Trinajstić information content (AvgIpc) is 2.64. The molecule has 0 aliphatic rings. The molecule has 0 fully saturated rings. The van der Waals surface area contributed by atoms with E-state index in [0.717, 1.165) is 17.7 Å². The van der Waals surface area contributed by atoms with Crippen molar-refractivity contribution in [3.63, 3.8) is 0 Å². The van der Waals surface area contributed by atoms with E-state index < -0.39 is 20.7 Å². The molecule has 0 spiro atoms. The number of aromatic nitrogens is 2. The first kappa shape index (κ1) is 21.3. The Balaban J connectivity index is 1.88. The molecule has 6 nitrogen and oxygen atoms in total. The Bertz CT molecular complexity index is 1160. The number of halogens is 3. The fourth-order valence-electron chi connectivity index (χ4n) is 2.69. The van der Waals surface area contributed by atoms with Gasteiger partial charge in [0.1, 0.15) is 22.9 Å². The average molecular weight is 455 g/mol. The van der Waals surface area contributed by atoms with Crippen LogP contribution in [0.15, 0.2) is 53.7 Å². The maximum Gasteiger partial charge on any atom is 0.266 e. The molecule has 3 aromatic rings. The topological polar surface area (TPSA) is 84.0 Å². The van der Waals surface area contributed by atoms with E-state index in [4.69, 9.17) is 23.2 Å². The predicted molar refractivity (Wildman–Crippen MR) is 112 cm³/mol. The summed E-state index contributed by atoms with van der Waals surface area (Å²) < 4.78 is 42.0. The summed E-state index contributed by atoms with van der Waals surface area (Å²) in [6.45, 7) is 3.51. The quantitative estimate of drug-likeness (QED) is 0.534. The van der Waals surface area contributed by atoms with Crippen molar-refractivity contribution in [2.45, 2.75) is 24.8 Å². The number of nitrogens with one attached hydrogen (secondary N) is 2. The minimum atomic E-state index is -4.24. The molecular formula is C19H17Cl2FN4O2S. The van der Waals surface area contributed by atoms with Crippen LogP contribution in [0.2, 0.25) is 10.0 Å². The van der Waals surface area contributed by atoms with Gasteiger partial charge in [0.2, 0.25) is 0 Å². The molecule has 0 amide bonds. The summed E-state index contributed by atoms with van der Waals surface area (Å²) in [5.74, 6) is -0.927. The molecule has 0 aliphatic carbocycles. The van der Waals surface area contributed by atoms with E-state index in [-0.39, 0.29) is 22.6 Å². The zero-order valence-corrected chi connectivity index (χ0v) is 17.8. The van der Waals surface area contributed by atoms with Crippen LogP contribution in [0.25, 0.3) is 0 Å². The van der Waals surface area contributed by atoms with Gasteiger partial charge in [-0.1, -0.05) is 41.4 Å². The highest BCUT2D eigenvalue weighted by atomic mass is 35.5. The van der Waals surface area contributed by atoms with E-state index in [1.807, 2.05) is 19.1 Å². The molecule has 10 heteroatoms. The van der Waals surface area contributed by atoms with Crippen LogP contribution < -0.4 is 10.0 Å². The van der Waals surface area contributed by atoms with Gasteiger partial charge in [0.15, 0.2) is 0 Å². The van der Waals surface area contributed by atoms with Crippen LogP contribution >= 0.6 is 23.2 Å². The standard InChI is InChI=1S/C19H17Cl2FN4O2S/c1-11-7-19(24-10-23-11)26-29(27,28)18-8-15(21)17(9-16(18)22)25-12(2)13-5-3-4-6-14(13)20/h3-10,12,25H,1-2H3,(H,23,24,26). The number of nitrogens with zero attached hydrogens (tertiary/aromatic N) is 2. The Morgan fingerprint density at radius 3 is 2.48 bits per heavy atom. The maximum absolute atomic E-state index is 14.7. The minimum Gasteiger partial charge on any atom is -0.377 e. The van der Waals surface area contributed by atoms with Crippen molar-refractivity contribution < 1.29 is 12.8 Å². The van der Waals surface area contributed by atoms with E-state index in [1.54, 1.807) is 19.1 Å². The third kappa shape index (κ3) is 4.95. The van der Waals surface area contributed by atoms with Gasteiger partial charge in [-0.15, -0.1) is 0 Å². The SMILES string of the molecule is Cc1cc(NS(=O)(=O)c2cc(Cl)c(NC(C)c3ccccc3Cl)cc2F)ncn1. The summed E-state index contributed by atoms with van der Waals surface area (Å²) in [5.41, 5.74) is 1.60. The highest BCUT2D eigenvalue weighted by molar-refractivity contribution is 7.92. The van der Waals surface area contributed by atoms with Crippen molar-refractivity contribution in [1.82, 2.24) is 9.97 Å². The second kappa shape index (κ2) is 8.52. The Hall–Kier alpha value is -2.42. The first-order chi connectivity index (χ1) is 13.7. The second-order valence-corrected chi connectivity index (χ2v) is 8.77. The first-order valence-corrected chi connectivity index (χ1v) is 10.7. The monoisotopic (exact) mass is 454 g/mol. The molecule has 0 bridgehead atoms. The smallest absolute Gasteiger partial charge is 0.266 e. The molecule has 3 rings (SSSR count). The van der Waals surface area contributed by atoms with Gasteiger partial charge in [-0.2, -0.15) is 0 Å². The number of benzene rings is 2. The Morgan fingerprint density at radius 2 is 1.79 bits per heavy atom. The summed E-state index contributed by atoms with van der Waals surface area (Å²) in [6.07, 6.45) is 1.21. The Kier molecular flexibility index (Phi) is 6.26. The number of aryl methyl sites for hydroxylation is 1. The Labute approximate surface area is 178 Å². The largest absolute Gasteiger partial charge is 0.377 e. The number of anilines is 2. The van der Waals surface area contributed by atoms with E-state index in [9.17, 15) is 12.8 Å². The molecule has 29 heavy (non-hydrogen) atoms. The van der Waals surface area contributed by atoms with E-state index in [1.165, 1.54) is 12.4 Å². The van der Waals surface area contributed by atoms with Crippen LogP contribution in [0.3, 0.4) is 0 Å². The highest BCUT2D eigenvalue weighted by Gasteiger charge is 2.23. The lowest BCUT2D eigenvalue weighted by molar-refractivity contribution is 0.570. The molecule has 2 aromatic carbocycles. The molecule has 152 valence electrons. The van der Waals surface area contributed by atoms with Crippen LogP contribution in [0.1, 0.15) is 24.2 Å². The van der Waals surface area contributed by atoms with Crippen molar-refractivity contribution >= 4 is 44.7 Å². The summed E-state index contributed by atoms with van der Waals surface area (Å²) in [7, 11) is -4.24. The van der Waals surface area contributed by atoms with Crippen LogP contribution in [0, 0.1) is 12.7 Å². The molecule has 0 saturated carbocycles. The van der Waals surface area contributed by atoms with Gasteiger partial charge < -0.3 is 5.32 Å². The fourth-order valence-corrected chi connectivity index (χ4v) is 4.35. The predicted octanol–water partition coefficient (Wildman–Crippen LogP) is 5.20. The lowest BCUT2D eigenvalue weighted by atomic mass is 10.1. The zero-order chi connectivity index (χ0) is 21.2. The van der Waals surface area contributed by atoms with Gasteiger partial charge in [0.05, 0.1) is 16.8 Å². The first-order valence-electron chi connectivity index (χ1n) is 8.49. The Morgan fingerprint density at radius 1 is 1.07 bits per heavy atom. The molecule has 2 N–H and O–H groups in total. The van der Waals surface area contributed by atoms with E-state index >= 15 is 0 Å². The highest BCUT2D eigenvalue weighted by Crippen LogP contribution is 2.32. The summed E-state index contributed by atoms with van der Waals surface area (Å²) in [6, 6.07) is 10.4. The van der Waals surface area contributed by atoms with Gasteiger partial charge in [0, 0.05) is 16.8 Å². The molecule has 0 aliphatic heterocycles. The van der Waals surface area contributed by atoms with Gasteiger partial charge in [0.25, 0.3) is 10.0 Å². The van der Waals surface area contributed by atoms with Gasteiger partial charge in [-0.3, -0.25) is 4.72 Å². The van der Waals surface area contributed by atoms with Crippen molar-refractivity contribution in [3.8, 4) is 0 Å². The third-order valence-electron chi connectivity index (χ3n) is 4.10. The summed E-state index contributed by atoms with van der Waals surface area (Å²) in [5, 5.41) is 3.65. The normalized spacial score (nSPS) is 12.4. The molecule has 1 aromatic heterocycles. The maximum atomic E-state index is 14.7. The number of sulfonamides is 1. The van der Waals surface area contributed by atoms with Crippen LogP contribution in [0.4, 0.5) is 15.9 Å². The lowest BCUT2D eigenvalue weighted by Gasteiger charge is -2.19. The van der Waals surface area contributed by atoms with E-state index in [2.05, 4.69) is 20.0 Å². The molecule has 1 atom stereocenters. The molecular weight excluding hydrogens is 438 g/mol. The summed E-state index contributed by atoms with van der Waals surface area (Å²) in [4.78, 5) is 7.12. The minimum absolute atomic E-state index is 0.0302. The zero-order valence-electron chi connectivity index (χ0n) is 15.4. The number of hydrogen-bond donors (Lipinski definition) is 2. The van der Waals surface area contributed by atoms with Crippen molar-refractivity contribution in [1.29, 1.82) is 0 Å². The van der Waals surface area contributed by atoms with E-state index in [0.29, 0.717) is 10.7 Å². The molecule has 0 saturated heterocycles. The van der Waals surface area contributed by atoms with Crippen LogP contribution in [-0.2, 0) is 10.0 Å². The second-order valence-electron chi connectivity index (χ2n) is 6.30. The van der Waals surface area contributed by atoms with Crippen LogP contribution in [-0.4, -0.2) is 18.4 Å².